The topological polar surface area (TPSA) is 88.5 Å². The summed E-state index contributed by atoms with van der Waals surface area (Å²) in [6.45, 7) is 0. The molecule has 0 atom stereocenters. The molecule has 1 heterocycles. The number of anilines is 1. The molecule has 0 aliphatic heterocycles. The zero-order chi connectivity index (χ0) is 14.5. The first kappa shape index (κ1) is 13.5. The molecule has 102 valence electrons. The van der Waals surface area contributed by atoms with Gasteiger partial charge < -0.3 is 15.2 Å². The Kier molecular flexibility index (Phi) is 3.95. The lowest BCUT2D eigenvalue weighted by atomic mass is 10.1. The van der Waals surface area contributed by atoms with Crippen molar-refractivity contribution in [2.24, 2.45) is 0 Å². The number of nitrogens with zero attached hydrogens (tertiary/aromatic N) is 1. The number of benzene rings is 1. The monoisotopic (exact) mass is 272 g/mol. The lowest BCUT2D eigenvalue weighted by Gasteiger charge is -2.09. The number of amides is 1. The summed E-state index contributed by atoms with van der Waals surface area (Å²) in [4.78, 5) is 27.2. The van der Waals surface area contributed by atoms with Crippen LogP contribution in [0.25, 0.3) is 0 Å². The number of aromatic hydroxyl groups is 1. The van der Waals surface area contributed by atoms with Crippen molar-refractivity contribution in [3.63, 3.8) is 0 Å². The summed E-state index contributed by atoms with van der Waals surface area (Å²) in [6, 6.07) is 9.30. The van der Waals surface area contributed by atoms with Crippen molar-refractivity contribution < 1.29 is 19.4 Å². The number of hydrogen-bond donors (Lipinski definition) is 2. The van der Waals surface area contributed by atoms with Crippen LogP contribution in [-0.4, -0.2) is 29.1 Å². The van der Waals surface area contributed by atoms with E-state index in [1.807, 2.05) is 0 Å². The maximum Gasteiger partial charge on any atom is 0.341 e. The number of rotatable bonds is 3. The Morgan fingerprint density at radius 2 is 2.00 bits per heavy atom. The zero-order valence-corrected chi connectivity index (χ0v) is 10.7. The van der Waals surface area contributed by atoms with Crippen LogP contribution in [0, 0.1) is 0 Å². The van der Waals surface area contributed by atoms with Gasteiger partial charge in [-0.25, -0.2) is 4.79 Å². The van der Waals surface area contributed by atoms with Crippen LogP contribution in [0.15, 0.2) is 42.6 Å². The second-order valence-corrected chi connectivity index (χ2v) is 3.86. The molecule has 2 N–H and O–H groups in total. The van der Waals surface area contributed by atoms with E-state index >= 15 is 0 Å². The predicted molar refractivity (Wildman–Crippen MR) is 71.6 cm³/mol. The van der Waals surface area contributed by atoms with Gasteiger partial charge >= 0.3 is 5.97 Å². The van der Waals surface area contributed by atoms with Gasteiger partial charge in [0.15, 0.2) is 5.75 Å². The van der Waals surface area contributed by atoms with Crippen LogP contribution < -0.4 is 5.32 Å². The fourth-order valence-electron chi connectivity index (χ4n) is 1.60. The fraction of sp³-hybridized carbons (Fsp3) is 0.0714. The number of methoxy groups -OCH3 is 1. The summed E-state index contributed by atoms with van der Waals surface area (Å²) < 4.78 is 4.54. The minimum atomic E-state index is -0.684. The molecule has 0 radical (unpaired) electrons. The van der Waals surface area contributed by atoms with Crippen LogP contribution in [0.5, 0.6) is 5.75 Å². The smallest absolute Gasteiger partial charge is 0.341 e. The van der Waals surface area contributed by atoms with E-state index in [4.69, 9.17) is 0 Å². The highest BCUT2D eigenvalue weighted by Crippen LogP contribution is 2.28. The van der Waals surface area contributed by atoms with Crippen molar-refractivity contribution in [1.29, 1.82) is 0 Å². The molecule has 6 heteroatoms. The third kappa shape index (κ3) is 2.74. The van der Waals surface area contributed by atoms with Gasteiger partial charge in [-0.2, -0.15) is 0 Å². The Morgan fingerprint density at radius 1 is 1.20 bits per heavy atom. The van der Waals surface area contributed by atoms with Crippen molar-refractivity contribution in [3.8, 4) is 5.75 Å². The molecule has 20 heavy (non-hydrogen) atoms. The van der Waals surface area contributed by atoms with Gasteiger partial charge in [0.25, 0.3) is 5.91 Å². The van der Waals surface area contributed by atoms with Crippen LogP contribution in [0.2, 0.25) is 0 Å². The van der Waals surface area contributed by atoms with Crippen LogP contribution in [0.3, 0.4) is 0 Å². The summed E-state index contributed by atoms with van der Waals surface area (Å²) in [5, 5.41) is 12.4. The molecule has 0 saturated carbocycles. The highest BCUT2D eigenvalue weighted by atomic mass is 16.5. The highest BCUT2D eigenvalue weighted by molar-refractivity contribution is 6.05. The van der Waals surface area contributed by atoms with Gasteiger partial charge in [0, 0.05) is 6.20 Å². The Hall–Kier alpha value is -2.89. The first-order valence-corrected chi connectivity index (χ1v) is 5.76. The molecule has 0 aliphatic rings. The first-order chi connectivity index (χ1) is 9.63. The highest BCUT2D eigenvalue weighted by Gasteiger charge is 2.16. The molecule has 1 amide bonds. The summed E-state index contributed by atoms with van der Waals surface area (Å²) in [7, 11) is 1.21. The van der Waals surface area contributed by atoms with E-state index in [0.717, 1.165) is 0 Å². The Labute approximate surface area is 115 Å². The number of carbonyl (C=O) groups excluding carboxylic acids is 2. The van der Waals surface area contributed by atoms with Gasteiger partial charge in [0.05, 0.1) is 12.8 Å². The number of phenols is 1. The van der Waals surface area contributed by atoms with Gasteiger partial charge in [-0.1, -0.05) is 12.1 Å². The van der Waals surface area contributed by atoms with Crippen molar-refractivity contribution in [2.45, 2.75) is 0 Å². The SMILES string of the molecule is COC(=O)c1cccc(NC(=O)c2ccccn2)c1O. The van der Waals surface area contributed by atoms with Crippen molar-refractivity contribution >= 4 is 17.6 Å². The molecule has 0 unspecified atom stereocenters. The molecule has 1 aromatic heterocycles. The predicted octanol–water partition coefficient (Wildman–Crippen LogP) is 1.83. The Morgan fingerprint density at radius 3 is 2.65 bits per heavy atom. The largest absolute Gasteiger partial charge is 0.505 e. The van der Waals surface area contributed by atoms with E-state index < -0.39 is 11.9 Å². The summed E-state index contributed by atoms with van der Waals surface area (Å²) >= 11 is 0. The van der Waals surface area contributed by atoms with Crippen molar-refractivity contribution in [3.05, 3.63) is 53.9 Å². The molecule has 0 saturated heterocycles. The minimum absolute atomic E-state index is 0.0219. The molecule has 6 nitrogen and oxygen atoms in total. The van der Waals surface area contributed by atoms with Gasteiger partial charge in [0.1, 0.15) is 11.3 Å². The van der Waals surface area contributed by atoms with Gasteiger partial charge in [-0.3, -0.25) is 9.78 Å². The number of carbonyl (C=O) groups is 2. The zero-order valence-electron chi connectivity index (χ0n) is 10.7. The average Bonchev–Trinajstić information content (AvgIpc) is 2.49. The number of ether oxygens (including phenoxy) is 1. The number of para-hydroxylation sites is 1. The first-order valence-electron chi connectivity index (χ1n) is 5.76. The minimum Gasteiger partial charge on any atom is -0.505 e. The second kappa shape index (κ2) is 5.83. The third-order valence-corrected chi connectivity index (χ3v) is 2.59. The van der Waals surface area contributed by atoms with Crippen LogP contribution in [0.1, 0.15) is 20.8 Å². The number of pyridine rings is 1. The molecule has 0 spiro atoms. The summed E-state index contributed by atoms with van der Waals surface area (Å²) in [5.74, 6) is -1.51. The third-order valence-electron chi connectivity index (χ3n) is 2.59. The van der Waals surface area contributed by atoms with E-state index in [9.17, 15) is 14.7 Å². The quantitative estimate of drug-likeness (QED) is 0.657. The normalized spacial score (nSPS) is 9.85. The Balaban J connectivity index is 2.26. The number of hydrogen-bond acceptors (Lipinski definition) is 5. The second-order valence-electron chi connectivity index (χ2n) is 3.86. The van der Waals surface area contributed by atoms with Crippen molar-refractivity contribution in [2.75, 3.05) is 12.4 Å². The van der Waals surface area contributed by atoms with Crippen LogP contribution in [-0.2, 0) is 4.74 Å². The number of esters is 1. The molecule has 2 rings (SSSR count). The maximum absolute atomic E-state index is 11.9. The van der Waals surface area contributed by atoms with E-state index in [1.165, 1.54) is 37.6 Å². The summed E-state index contributed by atoms with van der Waals surface area (Å²) in [6.07, 6.45) is 1.49. The number of nitrogens with one attached hydrogen (secondary N) is 1. The summed E-state index contributed by atoms with van der Waals surface area (Å²) in [5.41, 5.74) is 0.297. The lowest BCUT2D eigenvalue weighted by Crippen LogP contribution is -2.14. The molecule has 1 aromatic carbocycles. The lowest BCUT2D eigenvalue weighted by molar-refractivity contribution is 0.0597. The molecule has 0 aliphatic carbocycles. The number of phenolic OH excluding ortho intramolecular Hbond substituents is 1. The van der Waals surface area contributed by atoms with Gasteiger partial charge in [0.2, 0.25) is 0 Å². The molecular weight excluding hydrogens is 260 g/mol. The molecule has 0 fully saturated rings. The molecule has 0 bridgehead atoms. The van der Waals surface area contributed by atoms with Crippen LogP contribution >= 0.6 is 0 Å². The Bertz CT molecular complexity index is 641. The van der Waals surface area contributed by atoms with E-state index in [0.29, 0.717) is 0 Å². The molecular formula is C14H12N2O4. The van der Waals surface area contributed by atoms with Gasteiger partial charge in [-0.05, 0) is 24.3 Å². The van der Waals surface area contributed by atoms with E-state index in [2.05, 4.69) is 15.0 Å². The van der Waals surface area contributed by atoms with Crippen molar-refractivity contribution in [1.82, 2.24) is 4.98 Å². The van der Waals surface area contributed by atoms with Crippen LogP contribution in [0.4, 0.5) is 5.69 Å². The van der Waals surface area contributed by atoms with E-state index in [1.54, 1.807) is 12.1 Å². The average molecular weight is 272 g/mol. The standard InChI is InChI=1S/C14H12N2O4/c1-20-14(19)9-5-4-7-10(12(9)17)16-13(18)11-6-2-3-8-15-11/h2-8,17H,1H3,(H,16,18). The fourth-order valence-corrected chi connectivity index (χ4v) is 1.60. The number of aromatic nitrogens is 1. The molecule has 2 aromatic rings. The maximum atomic E-state index is 11.9. The van der Waals surface area contributed by atoms with E-state index in [-0.39, 0.29) is 22.7 Å². The van der Waals surface area contributed by atoms with Gasteiger partial charge in [-0.15, -0.1) is 0 Å².